The minimum absolute atomic E-state index is 0.0826. The molecule has 6 heteroatoms. The van der Waals surface area contributed by atoms with E-state index in [9.17, 15) is 8.78 Å². The lowest BCUT2D eigenvalue weighted by Gasteiger charge is -2.37. The zero-order valence-corrected chi connectivity index (χ0v) is 12.3. The fraction of sp³-hybridized carbons (Fsp3) is 0.643. The lowest BCUT2D eigenvalue weighted by Crippen LogP contribution is -2.43. The van der Waals surface area contributed by atoms with E-state index in [1.807, 2.05) is 11.9 Å². The van der Waals surface area contributed by atoms with E-state index in [0.29, 0.717) is 0 Å². The molecule has 0 amide bonds. The van der Waals surface area contributed by atoms with Crippen LogP contribution in [-0.4, -0.2) is 49.7 Å². The Bertz CT molecular complexity index is 459. The highest BCUT2D eigenvalue weighted by Crippen LogP contribution is 2.25. The summed E-state index contributed by atoms with van der Waals surface area (Å²) in [4.78, 5) is 8.26. The number of pyridine rings is 1. The Kier molecular flexibility index (Phi) is 4.75. The summed E-state index contributed by atoms with van der Waals surface area (Å²) in [7, 11) is 3.40. The Morgan fingerprint density at radius 1 is 1.35 bits per heavy atom. The van der Waals surface area contributed by atoms with E-state index in [1.165, 1.54) is 0 Å². The van der Waals surface area contributed by atoms with E-state index in [1.54, 1.807) is 7.05 Å². The first-order chi connectivity index (χ1) is 9.56. The molecule has 0 bridgehead atoms. The first-order valence-corrected chi connectivity index (χ1v) is 7.05. The molecule has 0 saturated carbocycles. The summed E-state index contributed by atoms with van der Waals surface area (Å²) in [6.07, 6.45) is 1.94. The van der Waals surface area contributed by atoms with Gasteiger partial charge < -0.3 is 15.1 Å². The summed E-state index contributed by atoms with van der Waals surface area (Å²) in [5.41, 5.74) is 0. The highest BCUT2D eigenvalue weighted by molar-refractivity contribution is 5.49. The Labute approximate surface area is 118 Å². The predicted molar refractivity (Wildman–Crippen MR) is 77.2 cm³/mol. The van der Waals surface area contributed by atoms with Gasteiger partial charge in [-0.15, -0.1) is 0 Å². The highest BCUT2D eigenvalue weighted by atomic mass is 19.1. The molecular weight excluding hydrogens is 262 g/mol. The third-order valence-electron chi connectivity index (χ3n) is 4.03. The van der Waals surface area contributed by atoms with Crippen LogP contribution in [0.2, 0.25) is 0 Å². The number of piperidine rings is 1. The highest BCUT2D eigenvalue weighted by Gasteiger charge is 2.25. The predicted octanol–water partition coefficient (Wildman–Crippen LogP) is 2.32. The molecule has 1 aromatic heterocycles. The summed E-state index contributed by atoms with van der Waals surface area (Å²) in [5, 5.41) is 2.65. The minimum atomic E-state index is -0.664. The van der Waals surface area contributed by atoms with Crippen molar-refractivity contribution in [3.05, 3.63) is 17.7 Å². The van der Waals surface area contributed by atoms with Gasteiger partial charge in [-0.1, -0.05) is 6.92 Å². The van der Waals surface area contributed by atoms with E-state index < -0.39 is 11.6 Å². The first kappa shape index (κ1) is 15.0. The molecule has 0 aliphatic carbocycles. The van der Waals surface area contributed by atoms with Gasteiger partial charge in [0.15, 0.2) is 23.3 Å². The average Bonchev–Trinajstić information content (AvgIpc) is 2.47. The molecule has 1 saturated heterocycles. The summed E-state index contributed by atoms with van der Waals surface area (Å²) < 4.78 is 27.4. The summed E-state index contributed by atoms with van der Waals surface area (Å²) in [6, 6.07) is 1.14. The number of halogens is 2. The maximum absolute atomic E-state index is 13.9. The number of nitrogens with zero attached hydrogens (tertiary/aromatic N) is 3. The van der Waals surface area contributed by atoms with Crippen LogP contribution < -0.4 is 10.2 Å². The zero-order valence-electron chi connectivity index (χ0n) is 12.3. The van der Waals surface area contributed by atoms with Crippen molar-refractivity contribution in [3.8, 4) is 0 Å². The van der Waals surface area contributed by atoms with Gasteiger partial charge in [-0.3, -0.25) is 0 Å². The van der Waals surface area contributed by atoms with Gasteiger partial charge in [-0.25, -0.2) is 13.8 Å². The molecular formula is C14H22F2N4. The average molecular weight is 284 g/mol. The van der Waals surface area contributed by atoms with Gasteiger partial charge in [0, 0.05) is 39.3 Å². The lowest BCUT2D eigenvalue weighted by molar-refractivity contribution is 0.220. The summed E-state index contributed by atoms with van der Waals surface area (Å²) in [5.74, 6) is -0.977. The Balaban J connectivity index is 2.15. The molecule has 0 radical (unpaired) electrons. The van der Waals surface area contributed by atoms with Crippen molar-refractivity contribution in [3.63, 3.8) is 0 Å². The maximum Gasteiger partial charge on any atom is 0.168 e. The smallest absolute Gasteiger partial charge is 0.168 e. The van der Waals surface area contributed by atoms with Crippen molar-refractivity contribution >= 4 is 11.6 Å². The molecule has 0 unspecified atom stereocenters. The van der Waals surface area contributed by atoms with Crippen LogP contribution in [0.5, 0.6) is 0 Å². The van der Waals surface area contributed by atoms with Crippen molar-refractivity contribution in [1.82, 2.24) is 9.88 Å². The molecule has 2 rings (SSSR count). The first-order valence-electron chi connectivity index (χ1n) is 7.05. The second kappa shape index (κ2) is 6.35. The third-order valence-corrected chi connectivity index (χ3v) is 4.03. The topological polar surface area (TPSA) is 31.4 Å². The Morgan fingerprint density at radius 2 is 2.00 bits per heavy atom. The number of hydrogen-bond donors (Lipinski definition) is 1. The summed E-state index contributed by atoms with van der Waals surface area (Å²) in [6.45, 7) is 5.20. The van der Waals surface area contributed by atoms with Gasteiger partial charge in [-0.05, 0) is 19.4 Å². The van der Waals surface area contributed by atoms with Gasteiger partial charge >= 0.3 is 0 Å². The lowest BCUT2D eigenvalue weighted by atomic mass is 10.0. The van der Waals surface area contributed by atoms with Gasteiger partial charge in [0.25, 0.3) is 0 Å². The Hall–Kier alpha value is -1.43. The molecule has 0 spiro atoms. The fourth-order valence-corrected chi connectivity index (χ4v) is 2.68. The summed E-state index contributed by atoms with van der Waals surface area (Å²) >= 11 is 0. The SMILES string of the molecule is CCN1CCC(N(C)c2nc(NC)c(F)cc2F)CC1. The van der Waals surface area contributed by atoms with E-state index in [2.05, 4.69) is 22.1 Å². The largest absolute Gasteiger partial charge is 0.371 e. The van der Waals surface area contributed by atoms with Crippen molar-refractivity contribution in [1.29, 1.82) is 0 Å². The maximum atomic E-state index is 13.9. The zero-order chi connectivity index (χ0) is 14.7. The van der Waals surface area contributed by atoms with Crippen molar-refractivity contribution in [2.75, 3.05) is 43.9 Å². The monoisotopic (exact) mass is 284 g/mol. The van der Waals surface area contributed by atoms with Crippen LogP contribution in [0.4, 0.5) is 20.4 Å². The molecule has 112 valence electrons. The molecule has 4 nitrogen and oxygen atoms in total. The van der Waals surface area contributed by atoms with E-state index in [4.69, 9.17) is 0 Å². The minimum Gasteiger partial charge on any atom is -0.371 e. The normalized spacial score (nSPS) is 17.2. The van der Waals surface area contributed by atoms with Gasteiger partial charge in [0.05, 0.1) is 0 Å². The molecule has 1 fully saturated rings. The number of aromatic nitrogens is 1. The molecule has 20 heavy (non-hydrogen) atoms. The fourth-order valence-electron chi connectivity index (χ4n) is 2.68. The number of rotatable bonds is 4. The second-order valence-corrected chi connectivity index (χ2v) is 5.15. The van der Waals surface area contributed by atoms with Crippen LogP contribution in [0.3, 0.4) is 0 Å². The van der Waals surface area contributed by atoms with Crippen molar-refractivity contribution < 1.29 is 8.78 Å². The van der Waals surface area contributed by atoms with Crippen LogP contribution in [0.1, 0.15) is 19.8 Å². The van der Waals surface area contributed by atoms with E-state index in [-0.39, 0.29) is 17.7 Å². The number of likely N-dealkylation sites (tertiary alicyclic amines) is 1. The molecule has 0 atom stereocenters. The molecule has 2 heterocycles. The molecule has 1 N–H and O–H groups in total. The number of nitrogens with one attached hydrogen (secondary N) is 1. The van der Waals surface area contributed by atoms with E-state index in [0.717, 1.165) is 38.5 Å². The van der Waals surface area contributed by atoms with Gasteiger partial charge in [-0.2, -0.15) is 0 Å². The van der Waals surface area contributed by atoms with Crippen LogP contribution in [0, 0.1) is 11.6 Å². The molecule has 0 aromatic carbocycles. The standard InChI is InChI=1S/C14H22F2N4/c1-4-20-7-5-10(6-8-20)19(3)14-12(16)9-11(15)13(17-2)18-14/h9-10H,4-8H2,1-3H3,(H,17,18). The van der Waals surface area contributed by atoms with Crippen LogP contribution in [-0.2, 0) is 0 Å². The van der Waals surface area contributed by atoms with Crippen LogP contribution in [0.15, 0.2) is 6.07 Å². The van der Waals surface area contributed by atoms with Gasteiger partial charge in [0.1, 0.15) is 0 Å². The quantitative estimate of drug-likeness (QED) is 0.919. The molecule has 1 aliphatic heterocycles. The molecule has 1 aliphatic rings. The number of anilines is 2. The van der Waals surface area contributed by atoms with Crippen molar-refractivity contribution in [2.24, 2.45) is 0 Å². The van der Waals surface area contributed by atoms with Crippen LogP contribution in [0.25, 0.3) is 0 Å². The van der Waals surface area contributed by atoms with E-state index >= 15 is 0 Å². The third kappa shape index (κ3) is 3.00. The van der Waals surface area contributed by atoms with Gasteiger partial charge in [0.2, 0.25) is 0 Å². The second-order valence-electron chi connectivity index (χ2n) is 5.15. The van der Waals surface area contributed by atoms with Crippen molar-refractivity contribution in [2.45, 2.75) is 25.8 Å². The Morgan fingerprint density at radius 3 is 2.55 bits per heavy atom. The van der Waals surface area contributed by atoms with Crippen LogP contribution >= 0.6 is 0 Å². The molecule has 1 aromatic rings. The number of hydrogen-bond acceptors (Lipinski definition) is 4.